The summed E-state index contributed by atoms with van der Waals surface area (Å²) in [5.74, 6) is 0. The highest BCUT2D eigenvalue weighted by atomic mass is 32.3. The van der Waals surface area contributed by atoms with Crippen molar-refractivity contribution in [1.82, 2.24) is 0 Å². The van der Waals surface area contributed by atoms with Gasteiger partial charge in [-0.2, -0.15) is 13.2 Å². The van der Waals surface area contributed by atoms with Crippen LogP contribution in [0.4, 0.5) is 18.9 Å². The predicted octanol–water partition coefficient (Wildman–Crippen LogP) is 1.47. The summed E-state index contributed by atoms with van der Waals surface area (Å²) in [5, 5.41) is 8.24. The molecule has 0 spiro atoms. The van der Waals surface area contributed by atoms with Gasteiger partial charge in [-0.25, -0.2) is 16.8 Å². The molecular formula is C7H5F3N2O6S2. The molecule has 0 unspecified atom stereocenters. The van der Waals surface area contributed by atoms with Crippen LogP contribution in [0.3, 0.4) is 0 Å². The minimum absolute atomic E-state index is 0.0314. The van der Waals surface area contributed by atoms with Crippen molar-refractivity contribution in [2.45, 2.75) is 10.4 Å². The summed E-state index contributed by atoms with van der Waals surface area (Å²) in [6.07, 6.45) is 0. The minimum Gasteiger partial charge on any atom is -0.726 e. The van der Waals surface area contributed by atoms with Crippen LogP contribution in [0.1, 0.15) is 0 Å². The van der Waals surface area contributed by atoms with Crippen LogP contribution < -0.4 is 0 Å². The fourth-order valence-electron chi connectivity index (χ4n) is 0.826. The first-order chi connectivity index (χ1) is 8.79. The smallest absolute Gasteiger partial charge is 0.501 e. The number of hydrogen-bond acceptors (Lipinski definition) is 6. The topological polar surface area (TPSA) is 140 Å². The Bertz CT molecular complexity index is 694. The monoisotopic (exact) mass is 334 g/mol. The summed E-state index contributed by atoms with van der Waals surface area (Å²) in [5.41, 5.74) is -5.36. The van der Waals surface area contributed by atoms with E-state index in [4.69, 9.17) is 22.9 Å². The normalized spacial score (nSPS) is 12.0. The molecule has 112 valence electrons. The number of diazo groups is 1. The Hall–Kier alpha value is -1.75. The van der Waals surface area contributed by atoms with E-state index in [0.29, 0.717) is 0 Å². The lowest BCUT2D eigenvalue weighted by molar-refractivity contribution is -0.0436. The lowest BCUT2D eigenvalue weighted by Gasteiger charge is -2.06. The molecule has 8 nitrogen and oxygen atoms in total. The lowest BCUT2D eigenvalue weighted by atomic mass is 10.3. The van der Waals surface area contributed by atoms with E-state index in [1.54, 1.807) is 0 Å². The fraction of sp³-hybridized carbons (Fsp3) is 0.143. The molecule has 0 saturated heterocycles. The number of nitrogens with zero attached hydrogens (tertiary/aromatic N) is 2. The second kappa shape index (κ2) is 6.13. The number of sulfone groups is 1. The first-order valence-electron chi connectivity index (χ1n) is 4.24. The van der Waals surface area contributed by atoms with Crippen LogP contribution in [0.5, 0.6) is 0 Å². The van der Waals surface area contributed by atoms with Gasteiger partial charge in [0.1, 0.15) is 0 Å². The van der Waals surface area contributed by atoms with Crippen LogP contribution in [-0.2, 0) is 20.2 Å². The molecule has 0 aromatic heterocycles. The number of alkyl halides is 3. The molecule has 20 heavy (non-hydrogen) atoms. The second-order valence-electron chi connectivity index (χ2n) is 2.97. The average molecular weight is 334 g/mol. The summed E-state index contributed by atoms with van der Waals surface area (Å²) >= 11 is 0. The van der Waals surface area contributed by atoms with E-state index in [2.05, 4.69) is 4.98 Å². The Morgan fingerprint density at radius 3 is 1.70 bits per heavy atom. The third kappa shape index (κ3) is 5.93. The van der Waals surface area contributed by atoms with Gasteiger partial charge in [-0.15, -0.1) is 0 Å². The number of rotatable bonds is 1. The Morgan fingerprint density at radius 1 is 1.10 bits per heavy atom. The molecule has 0 aliphatic heterocycles. The molecule has 0 atom stereocenters. The van der Waals surface area contributed by atoms with Crippen LogP contribution >= 0.6 is 0 Å². The summed E-state index contributed by atoms with van der Waals surface area (Å²) < 4.78 is 90.6. The standard InChI is InChI=1S/C7H4F3N2O2S.H2O4S/c8-7(9,10)15(13,14)6-3-1-5(12-11)2-4-6;1-5(2,3)4/h1-4H;(H2,1,2,3,4)/q+1;/p-1. The molecule has 13 heteroatoms. The molecule has 1 aromatic rings. The second-order valence-corrected chi connectivity index (χ2v) is 5.77. The maximum Gasteiger partial charge on any atom is 0.501 e. The average Bonchev–Trinajstić information content (AvgIpc) is 2.25. The molecule has 0 amide bonds. The van der Waals surface area contributed by atoms with Crippen LogP contribution in [0.25, 0.3) is 4.98 Å². The van der Waals surface area contributed by atoms with E-state index in [-0.39, 0.29) is 5.69 Å². The van der Waals surface area contributed by atoms with Crippen LogP contribution in [0.15, 0.2) is 29.2 Å². The zero-order valence-corrected chi connectivity index (χ0v) is 10.8. The molecule has 0 bridgehead atoms. The van der Waals surface area contributed by atoms with Crippen molar-refractivity contribution in [1.29, 1.82) is 5.39 Å². The van der Waals surface area contributed by atoms with E-state index >= 15 is 0 Å². The van der Waals surface area contributed by atoms with Crippen molar-refractivity contribution in [3.63, 3.8) is 0 Å². The zero-order chi connectivity index (χ0) is 16.2. The van der Waals surface area contributed by atoms with Gasteiger partial charge in [-0.3, -0.25) is 4.55 Å². The Morgan fingerprint density at radius 2 is 1.45 bits per heavy atom. The molecule has 0 heterocycles. The highest BCUT2D eigenvalue weighted by Gasteiger charge is 2.46. The van der Waals surface area contributed by atoms with E-state index < -0.39 is 30.6 Å². The minimum atomic E-state index is -5.33. The first-order valence-corrected chi connectivity index (χ1v) is 7.08. The third-order valence-electron chi connectivity index (χ3n) is 1.57. The van der Waals surface area contributed by atoms with Crippen molar-refractivity contribution in [3.8, 4) is 0 Å². The van der Waals surface area contributed by atoms with Crippen LogP contribution in [0.2, 0.25) is 0 Å². The number of halogens is 3. The molecule has 0 saturated carbocycles. The van der Waals surface area contributed by atoms with Crippen LogP contribution in [-0.4, -0.2) is 31.4 Å². The van der Waals surface area contributed by atoms with Gasteiger partial charge in [0.25, 0.3) is 9.84 Å². The van der Waals surface area contributed by atoms with Crippen molar-refractivity contribution in [3.05, 3.63) is 29.2 Å². The highest BCUT2D eigenvalue weighted by Crippen LogP contribution is 2.30. The van der Waals surface area contributed by atoms with Gasteiger partial charge in [0.05, 0.1) is 4.90 Å². The molecule has 0 aliphatic carbocycles. The van der Waals surface area contributed by atoms with Gasteiger partial charge in [0, 0.05) is 12.1 Å². The predicted molar refractivity (Wildman–Crippen MR) is 56.8 cm³/mol. The molecule has 1 aromatic carbocycles. The SMILES string of the molecule is N#[N+]c1ccc(S(=O)(=O)C(F)(F)F)cc1.O=S(=O)([O-])O. The molecule has 1 N–H and O–H groups in total. The molecule has 0 aliphatic rings. The van der Waals surface area contributed by atoms with E-state index in [9.17, 15) is 21.6 Å². The Balaban J connectivity index is 0.000000621. The molecule has 0 radical (unpaired) electrons. The Labute approximate surface area is 111 Å². The van der Waals surface area contributed by atoms with Crippen molar-refractivity contribution >= 4 is 25.9 Å². The largest absolute Gasteiger partial charge is 0.726 e. The maximum atomic E-state index is 12.0. The van der Waals surface area contributed by atoms with Gasteiger partial charge < -0.3 is 4.55 Å². The maximum absolute atomic E-state index is 12.0. The van der Waals surface area contributed by atoms with Gasteiger partial charge in [0.2, 0.25) is 15.8 Å². The molecular weight excluding hydrogens is 329 g/mol. The quantitative estimate of drug-likeness (QED) is 0.466. The number of benzene rings is 1. The van der Waals surface area contributed by atoms with Crippen molar-refractivity contribution < 1.29 is 39.1 Å². The van der Waals surface area contributed by atoms with E-state index in [1.165, 1.54) is 0 Å². The van der Waals surface area contributed by atoms with E-state index in [1.807, 2.05) is 0 Å². The third-order valence-corrected chi connectivity index (χ3v) is 3.07. The van der Waals surface area contributed by atoms with Crippen molar-refractivity contribution in [2.75, 3.05) is 0 Å². The summed E-state index contributed by atoms with van der Waals surface area (Å²) in [4.78, 5) is 1.79. The summed E-state index contributed by atoms with van der Waals surface area (Å²) in [7, 11) is -10.2. The fourth-order valence-corrected chi connectivity index (χ4v) is 1.59. The van der Waals surface area contributed by atoms with Gasteiger partial charge in [0.15, 0.2) is 4.98 Å². The Kier molecular flexibility index (Phi) is 5.60. The van der Waals surface area contributed by atoms with Gasteiger partial charge in [-0.1, -0.05) is 0 Å². The molecule has 1 rings (SSSR count). The highest BCUT2D eigenvalue weighted by molar-refractivity contribution is 7.92. The van der Waals surface area contributed by atoms with Crippen molar-refractivity contribution in [2.24, 2.45) is 0 Å². The number of hydrogen-bond donors (Lipinski definition) is 1. The van der Waals surface area contributed by atoms with E-state index in [0.717, 1.165) is 24.3 Å². The van der Waals surface area contributed by atoms with Gasteiger partial charge in [-0.05, 0) is 12.1 Å². The zero-order valence-electron chi connectivity index (χ0n) is 9.14. The van der Waals surface area contributed by atoms with Crippen LogP contribution in [0, 0.1) is 5.39 Å². The summed E-state index contributed by atoms with van der Waals surface area (Å²) in [6.45, 7) is 0. The summed E-state index contributed by atoms with van der Waals surface area (Å²) in [6, 6.07) is 3.35. The first kappa shape index (κ1) is 18.2. The lowest BCUT2D eigenvalue weighted by Crippen LogP contribution is -2.23. The van der Waals surface area contributed by atoms with Gasteiger partial charge >= 0.3 is 11.2 Å². The molecule has 0 fully saturated rings.